The van der Waals surface area contributed by atoms with Crippen LogP contribution in [0.4, 0.5) is 5.69 Å². The standard InChI is InChI=1S/C24H29ClN2O3/c1-17(2)30-24-20(25)15-19(16-22(24)29-4)9-10-23(28)27-13-11-26(12-14-27)21-8-6-5-7-18(21)3/h5-10,15-17H,11-14H2,1-4H3/b10-9+. The van der Waals surface area contributed by atoms with Crippen molar-refractivity contribution < 1.29 is 14.3 Å². The summed E-state index contributed by atoms with van der Waals surface area (Å²) in [6.45, 7) is 9.02. The summed E-state index contributed by atoms with van der Waals surface area (Å²) >= 11 is 6.37. The van der Waals surface area contributed by atoms with Gasteiger partial charge in [0.2, 0.25) is 5.91 Å². The van der Waals surface area contributed by atoms with E-state index in [1.54, 1.807) is 25.3 Å². The summed E-state index contributed by atoms with van der Waals surface area (Å²) in [6.07, 6.45) is 3.35. The van der Waals surface area contributed by atoms with Crippen LogP contribution in [-0.4, -0.2) is 50.2 Å². The van der Waals surface area contributed by atoms with Crippen LogP contribution < -0.4 is 14.4 Å². The first-order valence-electron chi connectivity index (χ1n) is 10.2. The first-order valence-corrected chi connectivity index (χ1v) is 10.6. The highest BCUT2D eigenvalue weighted by molar-refractivity contribution is 6.32. The summed E-state index contributed by atoms with van der Waals surface area (Å²) in [7, 11) is 1.57. The van der Waals surface area contributed by atoms with Crippen molar-refractivity contribution >= 4 is 29.3 Å². The molecule has 6 heteroatoms. The van der Waals surface area contributed by atoms with Crippen molar-refractivity contribution in [2.75, 3.05) is 38.2 Å². The molecule has 0 N–H and O–H groups in total. The molecule has 0 bridgehead atoms. The number of hydrogen-bond acceptors (Lipinski definition) is 4. The highest BCUT2D eigenvalue weighted by Crippen LogP contribution is 2.37. The van der Waals surface area contributed by atoms with E-state index in [2.05, 4.69) is 30.0 Å². The molecule has 0 atom stereocenters. The van der Waals surface area contributed by atoms with Gasteiger partial charge in [-0.15, -0.1) is 0 Å². The Balaban J connectivity index is 1.64. The van der Waals surface area contributed by atoms with Crippen molar-refractivity contribution in [3.05, 3.63) is 58.6 Å². The molecular formula is C24H29ClN2O3. The molecule has 2 aromatic carbocycles. The van der Waals surface area contributed by atoms with Crippen LogP contribution in [0.25, 0.3) is 6.08 Å². The number of nitrogens with zero attached hydrogens (tertiary/aromatic N) is 2. The molecule has 30 heavy (non-hydrogen) atoms. The van der Waals surface area contributed by atoms with E-state index in [1.807, 2.05) is 30.9 Å². The summed E-state index contributed by atoms with van der Waals surface area (Å²) in [5.74, 6) is 1.07. The fraction of sp³-hybridized carbons (Fsp3) is 0.375. The highest BCUT2D eigenvalue weighted by atomic mass is 35.5. The molecule has 1 amide bonds. The SMILES string of the molecule is COc1cc(/C=C/C(=O)N2CCN(c3ccccc3C)CC2)cc(Cl)c1OC(C)C. The number of carbonyl (C=O) groups excluding carboxylic acids is 1. The molecule has 160 valence electrons. The van der Waals surface area contributed by atoms with Gasteiger partial charge in [0.25, 0.3) is 0 Å². The second-order valence-electron chi connectivity index (χ2n) is 7.63. The Morgan fingerprint density at radius 2 is 1.83 bits per heavy atom. The minimum atomic E-state index is -0.0160. The van der Waals surface area contributed by atoms with Crippen LogP contribution in [0, 0.1) is 6.92 Å². The Morgan fingerprint density at radius 3 is 2.47 bits per heavy atom. The van der Waals surface area contributed by atoms with Crippen LogP contribution in [0.2, 0.25) is 5.02 Å². The number of methoxy groups -OCH3 is 1. The number of rotatable bonds is 6. The van der Waals surface area contributed by atoms with Gasteiger partial charge in [-0.3, -0.25) is 4.79 Å². The third kappa shape index (κ3) is 5.28. The number of ether oxygens (including phenoxy) is 2. The molecule has 0 aliphatic carbocycles. The lowest BCUT2D eigenvalue weighted by Crippen LogP contribution is -2.48. The van der Waals surface area contributed by atoms with Gasteiger partial charge in [-0.1, -0.05) is 29.8 Å². The number of aryl methyl sites for hydroxylation is 1. The molecule has 0 unspecified atom stereocenters. The van der Waals surface area contributed by atoms with E-state index in [-0.39, 0.29) is 12.0 Å². The van der Waals surface area contributed by atoms with Gasteiger partial charge >= 0.3 is 0 Å². The van der Waals surface area contributed by atoms with Gasteiger partial charge in [0.1, 0.15) is 0 Å². The lowest BCUT2D eigenvalue weighted by atomic mass is 10.1. The van der Waals surface area contributed by atoms with E-state index in [1.165, 1.54) is 11.3 Å². The smallest absolute Gasteiger partial charge is 0.246 e. The number of halogens is 1. The topological polar surface area (TPSA) is 42.0 Å². The second-order valence-corrected chi connectivity index (χ2v) is 8.04. The van der Waals surface area contributed by atoms with Gasteiger partial charge in [0, 0.05) is 37.9 Å². The number of benzene rings is 2. The largest absolute Gasteiger partial charge is 0.493 e. The Kier molecular flexibility index (Phi) is 7.27. The zero-order chi connectivity index (χ0) is 21.7. The Labute approximate surface area is 183 Å². The Hall–Kier alpha value is -2.66. The summed E-state index contributed by atoms with van der Waals surface area (Å²) in [6, 6.07) is 12.0. The van der Waals surface area contributed by atoms with E-state index < -0.39 is 0 Å². The van der Waals surface area contributed by atoms with Crippen molar-refractivity contribution in [1.29, 1.82) is 0 Å². The van der Waals surface area contributed by atoms with E-state index >= 15 is 0 Å². The molecule has 0 aromatic heterocycles. The monoisotopic (exact) mass is 428 g/mol. The van der Waals surface area contributed by atoms with Gasteiger partial charge in [0.15, 0.2) is 11.5 Å². The average Bonchev–Trinajstić information content (AvgIpc) is 2.74. The lowest BCUT2D eigenvalue weighted by Gasteiger charge is -2.36. The molecule has 0 spiro atoms. The minimum Gasteiger partial charge on any atom is -0.493 e. The number of carbonyl (C=O) groups is 1. The van der Waals surface area contributed by atoms with E-state index in [0.29, 0.717) is 29.6 Å². The maximum absolute atomic E-state index is 12.7. The molecule has 0 saturated carbocycles. The molecule has 5 nitrogen and oxygen atoms in total. The first-order chi connectivity index (χ1) is 14.4. The predicted octanol–water partition coefficient (Wildman–Crippen LogP) is 4.81. The highest BCUT2D eigenvalue weighted by Gasteiger charge is 2.20. The van der Waals surface area contributed by atoms with Gasteiger partial charge in [-0.25, -0.2) is 0 Å². The molecule has 1 aliphatic rings. The predicted molar refractivity (Wildman–Crippen MR) is 123 cm³/mol. The van der Waals surface area contributed by atoms with Gasteiger partial charge < -0.3 is 19.3 Å². The molecule has 1 saturated heterocycles. The van der Waals surface area contributed by atoms with Crippen molar-refractivity contribution in [3.8, 4) is 11.5 Å². The number of piperazine rings is 1. The van der Waals surface area contributed by atoms with Gasteiger partial charge in [-0.2, -0.15) is 0 Å². The van der Waals surface area contributed by atoms with Crippen LogP contribution in [0.5, 0.6) is 11.5 Å². The maximum atomic E-state index is 12.7. The fourth-order valence-corrected chi connectivity index (χ4v) is 3.81. The molecule has 0 radical (unpaired) electrons. The van der Waals surface area contributed by atoms with Gasteiger partial charge in [-0.05, 0) is 56.2 Å². The average molecular weight is 429 g/mol. The fourth-order valence-electron chi connectivity index (χ4n) is 3.54. The molecule has 1 aliphatic heterocycles. The molecule has 1 fully saturated rings. The van der Waals surface area contributed by atoms with Crippen LogP contribution in [0.3, 0.4) is 0 Å². The third-order valence-corrected chi connectivity index (χ3v) is 5.35. The number of hydrogen-bond donors (Lipinski definition) is 0. The normalized spacial score (nSPS) is 14.5. The number of anilines is 1. The number of para-hydroxylation sites is 1. The summed E-state index contributed by atoms with van der Waals surface area (Å²) in [4.78, 5) is 16.9. The van der Waals surface area contributed by atoms with E-state index in [4.69, 9.17) is 21.1 Å². The second kappa shape index (κ2) is 9.90. The molecular weight excluding hydrogens is 400 g/mol. The van der Waals surface area contributed by atoms with Crippen molar-refractivity contribution in [2.24, 2.45) is 0 Å². The van der Waals surface area contributed by atoms with Crippen molar-refractivity contribution in [3.63, 3.8) is 0 Å². The Morgan fingerprint density at radius 1 is 1.13 bits per heavy atom. The summed E-state index contributed by atoms with van der Waals surface area (Å²) in [5.41, 5.74) is 3.29. The van der Waals surface area contributed by atoms with Crippen molar-refractivity contribution in [2.45, 2.75) is 26.9 Å². The number of amides is 1. The van der Waals surface area contributed by atoms with E-state index in [0.717, 1.165) is 18.7 Å². The summed E-state index contributed by atoms with van der Waals surface area (Å²) in [5, 5.41) is 0.460. The molecule has 3 rings (SSSR count). The zero-order valence-corrected chi connectivity index (χ0v) is 18.8. The first kappa shape index (κ1) is 22.0. The molecule has 2 aromatic rings. The Bertz CT molecular complexity index is 919. The van der Waals surface area contributed by atoms with Crippen LogP contribution in [0.1, 0.15) is 25.0 Å². The minimum absolute atomic E-state index is 0.00275. The van der Waals surface area contributed by atoms with E-state index in [9.17, 15) is 4.79 Å². The van der Waals surface area contributed by atoms with Gasteiger partial charge in [0.05, 0.1) is 18.2 Å². The van der Waals surface area contributed by atoms with Crippen LogP contribution in [-0.2, 0) is 4.79 Å². The summed E-state index contributed by atoms with van der Waals surface area (Å²) < 4.78 is 11.1. The van der Waals surface area contributed by atoms with Crippen molar-refractivity contribution in [1.82, 2.24) is 4.90 Å². The zero-order valence-electron chi connectivity index (χ0n) is 18.0. The quantitative estimate of drug-likeness (QED) is 0.619. The molecule has 1 heterocycles. The maximum Gasteiger partial charge on any atom is 0.246 e. The third-order valence-electron chi connectivity index (χ3n) is 5.07. The van der Waals surface area contributed by atoms with Crippen LogP contribution >= 0.6 is 11.6 Å². The lowest BCUT2D eigenvalue weighted by molar-refractivity contribution is -0.126. The van der Waals surface area contributed by atoms with Crippen LogP contribution in [0.15, 0.2) is 42.5 Å².